The van der Waals surface area contributed by atoms with Crippen molar-refractivity contribution in [2.75, 3.05) is 13.1 Å². The second kappa shape index (κ2) is 6.48. The highest BCUT2D eigenvalue weighted by Gasteiger charge is 2.50. The van der Waals surface area contributed by atoms with Crippen LogP contribution in [0.3, 0.4) is 0 Å². The molecule has 1 N–H and O–H groups in total. The van der Waals surface area contributed by atoms with Gasteiger partial charge in [-0.25, -0.2) is 0 Å². The molecule has 1 saturated carbocycles. The van der Waals surface area contributed by atoms with E-state index in [2.05, 4.69) is 0 Å². The zero-order valence-corrected chi connectivity index (χ0v) is 12.5. The molecule has 2 atom stereocenters. The number of nitrogens with zero attached hydrogens (tertiary/aromatic N) is 1. The van der Waals surface area contributed by atoms with Crippen LogP contribution >= 0.6 is 0 Å². The summed E-state index contributed by atoms with van der Waals surface area (Å²) in [6.45, 7) is 1.94. The highest BCUT2D eigenvalue weighted by Crippen LogP contribution is 2.40. The number of carboxylic acids is 1. The van der Waals surface area contributed by atoms with Gasteiger partial charge in [-0.1, -0.05) is 30.3 Å². The van der Waals surface area contributed by atoms with Gasteiger partial charge in [-0.2, -0.15) is 0 Å². The number of ether oxygens (including phenoxy) is 1. The standard InChI is InChI=1S/C17H21NO4/c19-16(14-10-15(14)17(20)21)18-8-6-13(7-9-18)22-11-12-4-2-1-3-5-12/h1-5,13-15H,6-11H2,(H,20,21)/t14-,15+/m0/s1. The van der Waals surface area contributed by atoms with E-state index in [0.717, 1.165) is 18.4 Å². The number of carboxylic acid groups (broad SMARTS) is 1. The van der Waals surface area contributed by atoms with E-state index in [0.29, 0.717) is 26.1 Å². The number of hydrogen-bond acceptors (Lipinski definition) is 3. The fourth-order valence-corrected chi connectivity index (χ4v) is 3.01. The van der Waals surface area contributed by atoms with Gasteiger partial charge in [0.05, 0.1) is 24.5 Å². The second-order valence-corrected chi connectivity index (χ2v) is 6.11. The Bertz CT molecular complexity index is 537. The average molecular weight is 303 g/mol. The molecule has 0 spiro atoms. The molecule has 1 heterocycles. The van der Waals surface area contributed by atoms with Gasteiger partial charge in [0.2, 0.25) is 5.91 Å². The van der Waals surface area contributed by atoms with Crippen molar-refractivity contribution < 1.29 is 19.4 Å². The van der Waals surface area contributed by atoms with Crippen LogP contribution in [0.25, 0.3) is 0 Å². The first-order valence-corrected chi connectivity index (χ1v) is 7.82. The van der Waals surface area contributed by atoms with E-state index in [1.807, 2.05) is 30.3 Å². The topological polar surface area (TPSA) is 66.8 Å². The summed E-state index contributed by atoms with van der Waals surface area (Å²) < 4.78 is 5.90. The van der Waals surface area contributed by atoms with E-state index in [-0.39, 0.29) is 17.9 Å². The summed E-state index contributed by atoms with van der Waals surface area (Å²) in [5.41, 5.74) is 1.16. The van der Waals surface area contributed by atoms with Gasteiger partial charge < -0.3 is 14.7 Å². The van der Waals surface area contributed by atoms with Crippen LogP contribution in [0.5, 0.6) is 0 Å². The normalized spacial score (nSPS) is 25.0. The molecule has 22 heavy (non-hydrogen) atoms. The zero-order chi connectivity index (χ0) is 15.5. The van der Waals surface area contributed by atoms with Crippen molar-refractivity contribution in [3.63, 3.8) is 0 Å². The van der Waals surface area contributed by atoms with Crippen molar-refractivity contribution in [3.05, 3.63) is 35.9 Å². The van der Waals surface area contributed by atoms with Crippen molar-refractivity contribution in [2.24, 2.45) is 11.8 Å². The maximum Gasteiger partial charge on any atom is 0.307 e. The van der Waals surface area contributed by atoms with Crippen molar-refractivity contribution in [3.8, 4) is 0 Å². The lowest BCUT2D eigenvalue weighted by Crippen LogP contribution is -2.42. The molecule has 1 saturated heterocycles. The summed E-state index contributed by atoms with van der Waals surface area (Å²) in [5, 5.41) is 8.90. The lowest BCUT2D eigenvalue weighted by atomic mass is 10.1. The maximum atomic E-state index is 12.2. The monoisotopic (exact) mass is 303 g/mol. The fraction of sp³-hybridized carbons (Fsp3) is 0.529. The van der Waals surface area contributed by atoms with Gasteiger partial charge >= 0.3 is 5.97 Å². The van der Waals surface area contributed by atoms with Crippen LogP contribution in [-0.4, -0.2) is 41.1 Å². The number of carbonyl (C=O) groups is 2. The summed E-state index contributed by atoms with van der Waals surface area (Å²) in [6, 6.07) is 10.0. The predicted molar refractivity (Wildman–Crippen MR) is 80.1 cm³/mol. The number of piperidine rings is 1. The summed E-state index contributed by atoms with van der Waals surface area (Å²) in [6.07, 6.45) is 2.32. The van der Waals surface area contributed by atoms with Crippen molar-refractivity contribution in [1.82, 2.24) is 4.90 Å². The fourth-order valence-electron chi connectivity index (χ4n) is 3.01. The molecule has 1 aliphatic heterocycles. The van der Waals surface area contributed by atoms with E-state index in [1.54, 1.807) is 4.90 Å². The van der Waals surface area contributed by atoms with E-state index in [1.165, 1.54) is 0 Å². The lowest BCUT2D eigenvalue weighted by molar-refractivity contribution is -0.142. The molecular formula is C17H21NO4. The highest BCUT2D eigenvalue weighted by molar-refractivity contribution is 5.89. The van der Waals surface area contributed by atoms with Crippen molar-refractivity contribution >= 4 is 11.9 Å². The van der Waals surface area contributed by atoms with E-state index in [9.17, 15) is 9.59 Å². The van der Waals surface area contributed by atoms with Gasteiger partial charge in [-0.3, -0.25) is 9.59 Å². The molecule has 1 amide bonds. The lowest BCUT2D eigenvalue weighted by Gasteiger charge is -2.32. The molecule has 0 bridgehead atoms. The Hall–Kier alpha value is -1.88. The Labute approximate surface area is 129 Å². The van der Waals surface area contributed by atoms with Crippen LogP contribution in [-0.2, 0) is 20.9 Å². The summed E-state index contributed by atoms with van der Waals surface area (Å²) in [5.74, 6) is -1.59. The zero-order valence-electron chi connectivity index (χ0n) is 12.5. The predicted octanol–water partition coefficient (Wildman–Crippen LogP) is 1.91. The van der Waals surface area contributed by atoms with E-state index in [4.69, 9.17) is 9.84 Å². The SMILES string of the molecule is O=C(O)[C@@H]1C[C@@H]1C(=O)N1CCC(OCc2ccccc2)CC1. The molecule has 1 aromatic carbocycles. The third-order valence-corrected chi connectivity index (χ3v) is 4.51. The largest absolute Gasteiger partial charge is 0.481 e. The average Bonchev–Trinajstić information content (AvgIpc) is 3.35. The first-order chi connectivity index (χ1) is 10.6. The third-order valence-electron chi connectivity index (χ3n) is 4.51. The van der Waals surface area contributed by atoms with Crippen LogP contribution in [0, 0.1) is 11.8 Å². The Morgan fingerprint density at radius 3 is 2.41 bits per heavy atom. The number of amides is 1. The smallest absolute Gasteiger partial charge is 0.307 e. The Morgan fingerprint density at radius 2 is 1.82 bits per heavy atom. The molecule has 1 aromatic rings. The summed E-state index contributed by atoms with van der Waals surface area (Å²) in [7, 11) is 0. The number of rotatable bonds is 5. The summed E-state index contributed by atoms with van der Waals surface area (Å²) >= 11 is 0. The number of aliphatic carboxylic acids is 1. The molecule has 118 valence electrons. The minimum Gasteiger partial charge on any atom is -0.481 e. The van der Waals surface area contributed by atoms with Crippen LogP contribution in [0.2, 0.25) is 0 Å². The first-order valence-electron chi connectivity index (χ1n) is 7.82. The Balaban J connectivity index is 1.41. The Kier molecular flexibility index (Phi) is 4.43. The van der Waals surface area contributed by atoms with Gasteiger partial charge in [0.15, 0.2) is 0 Å². The quantitative estimate of drug-likeness (QED) is 0.902. The van der Waals surface area contributed by atoms with Gasteiger partial charge in [-0.15, -0.1) is 0 Å². The molecule has 0 aromatic heterocycles. The number of likely N-dealkylation sites (tertiary alicyclic amines) is 1. The van der Waals surface area contributed by atoms with Gasteiger partial charge in [-0.05, 0) is 24.8 Å². The van der Waals surface area contributed by atoms with Crippen molar-refractivity contribution in [1.29, 1.82) is 0 Å². The van der Waals surface area contributed by atoms with Crippen LogP contribution in [0.4, 0.5) is 0 Å². The van der Waals surface area contributed by atoms with Crippen LogP contribution in [0.1, 0.15) is 24.8 Å². The van der Waals surface area contributed by atoms with E-state index >= 15 is 0 Å². The minimum absolute atomic E-state index is 0.00825. The van der Waals surface area contributed by atoms with Crippen molar-refractivity contribution in [2.45, 2.75) is 32.0 Å². The van der Waals surface area contributed by atoms with Crippen LogP contribution < -0.4 is 0 Å². The van der Waals surface area contributed by atoms with Gasteiger partial charge in [0, 0.05) is 13.1 Å². The molecule has 2 aliphatic rings. The number of hydrogen-bond donors (Lipinski definition) is 1. The Morgan fingerprint density at radius 1 is 1.14 bits per heavy atom. The molecular weight excluding hydrogens is 282 g/mol. The number of benzene rings is 1. The molecule has 5 nitrogen and oxygen atoms in total. The third kappa shape index (κ3) is 3.47. The second-order valence-electron chi connectivity index (χ2n) is 6.11. The molecule has 2 fully saturated rings. The minimum atomic E-state index is -0.848. The molecule has 1 aliphatic carbocycles. The maximum absolute atomic E-state index is 12.2. The van der Waals surface area contributed by atoms with Crippen LogP contribution in [0.15, 0.2) is 30.3 Å². The highest BCUT2D eigenvalue weighted by atomic mass is 16.5. The van der Waals surface area contributed by atoms with Gasteiger partial charge in [0.25, 0.3) is 0 Å². The molecule has 0 unspecified atom stereocenters. The number of carbonyl (C=O) groups excluding carboxylic acids is 1. The molecule has 0 radical (unpaired) electrons. The van der Waals surface area contributed by atoms with E-state index < -0.39 is 11.9 Å². The van der Waals surface area contributed by atoms with Gasteiger partial charge in [0.1, 0.15) is 0 Å². The first kappa shape index (κ1) is 15.0. The summed E-state index contributed by atoms with van der Waals surface area (Å²) in [4.78, 5) is 24.8. The molecule has 3 rings (SSSR count). The molecule has 5 heteroatoms.